The van der Waals surface area contributed by atoms with E-state index in [0.717, 1.165) is 49.8 Å². The van der Waals surface area contributed by atoms with Gasteiger partial charge in [0.2, 0.25) is 5.91 Å². The number of carboxylic acid groups (broad SMARTS) is 1. The summed E-state index contributed by atoms with van der Waals surface area (Å²) in [5.41, 5.74) is 3.09. The highest BCUT2D eigenvalue weighted by molar-refractivity contribution is 5.88. The first kappa shape index (κ1) is 23.7. The Labute approximate surface area is 180 Å². The van der Waals surface area contributed by atoms with E-state index in [1.807, 2.05) is 26.0 Å². The van der Waals surface area contributed by atoms with Crippen molar-refractivity contribution in [3.05, 3.63) is 53.1 Å². The number of allylic oxidation sites excluding steroid dienone is 2. The predicted molar refractivity (Wildman–Crippen MR) is 120 cm³/mol. The Kier molecular flexibility index (Phi) is 9.15. The molecule has 1 amide bonds. The Morgan fingerprint density at radius 3 is 2.70 bits per heavy atom. The summed E-state index contributed by atoms with van der Waals surface area (Å²) >= 11 is 0. The van der Waals surface area contributed by atoms with Crippen molar-refractivity contribution in [1.82, 2.24) is 5.32 Å². The smallest absolute Gasteiger partial charge is 0.303 e. The first-order valence-electron chi connectivity index (χ1n) is 10.9. The number of carboxylic acids is 1. The summed E-state index contributed by atoms with van der Waals surface area (Å²) in [5.74, 6) is 0.220. The summed E-state index contributed by atoms with van der Waals surface area (Å²) in [6, 6.07) is 8.13. The van der Waals surface area contributed by atoms with Gasteiger partial charge in [-0.15, -0.1) is 0 Å². The lowest BCUT2D eigenvalue weighted by molar-refractivity contribution is -0.137. The normalized spacial score (nSPS) is 17.2. The lowest BCUT2D eigenvalue weighted by Gasteiger charge is -2.17. The van der Waals surface area contributed by atoms with E-state index in [-0.39, 0.29) is 12.3 Å². The minimum absolute atomic E-state index is 0.0839. The number of carbonyl (C=O) groups is 2. The van der Waals surface area contributed by atoms with Crippen LogP contribution in [0.5, 0.6) is 5.75 Å². The molecule has 30 heavy (non-hydrogen) atoms. The van der Waals surface area contributed by atoms with E-state index in [0.29, 0.717) is 13.2 Å². The van der Waals surface area contributed by atoms with Crippen molar-refractivity contribution in [1.29, 1.82) is 0 Å². The topological polar surface area (TPSA) is 75.6 Å². The number of ether oxygens (including phenoxy) is 1. The van der Waals surface area contributed by atoms with Crippen LogP contribution >= 0.6 is 0 Å². The monoisotopic (exact) mass is 413 g/mol. The summed E-state index contributed by atoms with van der Waals surface area (Å²) < 4.78 is 5.99. The van der Waals surface area contributed by atoms with Crippen molar-refractivity contribution in [2.24, 2.45) is 5.41 Å². The first-order valence-corrected chi connectivity index (χ1v) is 10.9. The summed E-state index contributed by atoms with van der Waals surface area (Å²) in [5, 5.41) is 11.6. The van der Waals surface area contributed by atoms with Gasteiger partial charge in [-0.05, 0) is 68.4 Å². The van der Waals surface area contributed by atoms with Crippen molar-refractivity contribution < 1.29 is 19.4 Å². The largest absolute Gasteiger partial charge is 0.493 e. The Hall–Kier alpha value is -2.56. The number of hydrogen-bond donors (Lipinski definition) is 2. The minimum Gasteiger partial charge on any atom is -0.493 e. The van der Waals surface area contributed by atoms with E-state index in [2.05, 4.69) is 36.5 Å². The second-order valence-corrected chi connectivity index (χ2v) is 8.36. The Morgan fingerprint density at radius 1 is 1.23 bits per heavy atom. The predicted octanol–water partition coefficient (Wildman–Crippen LogP) is 5.06. The second-order valence-electron chi connectivity index (χ2n) is 8.36. The van der Waals surface area contributed by atoms with Gasteiger partial charge in [0.05, 0.1) is 12.0 Å². The first-order chi connectivity index (χ1) is 14.3. The fraction of sp³-hybridized carbons (Fsp3) is 0.520. The maximum absolute atomic E-state index is 12.0. The van der Waals surface area contributed by atoms with Crippen LogP contribution in [0.1, 0.15) is 64.9 Å². The summed E-state index contributed by atoms with van der Waals surface area (Å²) in [7, 11) is 0. The molecule has 5 heteroatoms. The third kappa shape index (κ3) is 7.36. The van der Waals surface area contributed by atoms with Gasteiger partial charge in [0.15, 0.2) is 0 Å². The van der Waals surface area contributed by atoms with Gasteiger partial charge < -0.3 is 15.2 Å². The van der Waals surface area contributed by atoms with Crippen LogP contribution in [0.15, 0.2) is 47.6 Å². The van der Waals surface area contributed by atoms with Crippen LogP contribution in [0, 0.1) is 5.41 Å². The van der Waals surface area contributed by atoms with Gasteiger partial charge in [-0.3, -0.25) is 9.59 Å². The molecule has 1 heterocycles. The number of aliphatic carboxylic acids is 1. The zero-order valence-corrected chi connectivity index (χ0v) is 18.5. The molecule has 1 aromatic carbocycles. The van der Waals surface area contributed by atoms with Crippen LogP contribution in [0.3, 0.4) is 0 Å². The number of nitrogens with one attached hydrogen (secondary N) is 1. The van der Waals surface area contributed by atoms with Crippen LogP contribution in [-0.4, -0.2) is 30.1 Å². The SMILES string of the molecule is CC/C=C(\C=C1/CNC(=O)C1(C)C)CCOc1cccc(CCCCCC(=O)O)c1. The van der Waals surface area contributed by atoms with Gasteiger partial charge in [-0.2, -0.15) is 0 Å². The minimum atomic E-state index is -0.725. The summed E-state index contributed by atoms with van der Waals surface area (Å²) in [6.07, 6.45) is 9.89. The Bertz CT molecular complexity index is 792. The second kappa shape index (κ2) is 11.6. The molecule has 1 aliphatic heterocycles. The van der Waals surface area contributed by atoms with Gasteiger partial charge in [0, 0.05) is 19.4 Å². The van der Waals surface area contributed by atoms with Crippen LogP contribution in [0.25, 0.3) is 0 Å². The third-order valence-corrected chi connectivity index (χ3v) is 5.55. The van der Waals surface area contributed by atoms with Gasteiger partial charge in [0.25, 0.3) is 0 Å². The molecule has 164 valence electrons. The number of hydrogen-bond acceptors (Lipinski definition) is 3. The van der Waals surface area contributed by atoms with Gasteiger partial charge in [0.1, 0.15) is 5.75 Å². The maximum atomic E-state index is 12.0. The number of carbonyl (C=O) groups excluding carboxylic acids is 1. The highest BCUT2D eigenvalue weighted by atomic mass is 16.5. The fourth-order valence-corrected chi connectivity index (χ4v) is 3.57. The quantitative estimate of drug-likeness (QED) is 0.470. The number of aryl methyl sites for hydroxylation is 1. The molecule has 0 aliphatic carbocycles. The molecule has 0 bridgehead atoms. The van der Waals surface area contributed by atoms with E-state index >= 15 is 0 Å². The number of benzene rings is 1. The van der Waals surface area contributed by atoms with Crippen molar-refractivity contribution >= 4 is 11.9 Å². The Morgan fingerprint density at radius 2 is 2.03 bits per heavy atom. The van der Waals surface area contributed by atoms with E-state index in [1.54, 1.807) is 0 Å². The zero-order valence-electron chi connectivity index (χ0n) is 18.5. The van der Waals surface area contributed by atoms with E-state index < -0.39 is 11.4 Å². The molecule has 1 fully saturated rings. The number of unbranched alkanes of at least 4 members (excludes halogenated alkanes) is 2. The highest BCUT2D eigenvalue weighted by Gasteiger charge is 2.37. The lowest BCUT2D eigenvalue weighted by Crippen LogP contribution is -2.25. The highest BCUT2D eigenvalue weighted by Crippen LogP contribution is 2.32. The average Bonchev–Trinajstić information content (AvgIpc) is 2.94. The standard InChI is InChI=1S/C25H35NO4/c1-4-9-19(16-21-18-26-24(29)25(21,2)3)14-15-30-22-12-8-11-20(17-22)10-6-5-7-13-23(27)28/h8-9,11-12,16-17H,4-7,10,13-15,18H2,1-3H3,(H,26,29)(H,27,28)/b19-9-,21-16+. The molecule has 5 nitrogen and oxygen atoms in total. The van der Waals surface area contributed by atoms with E-state index in [4.69, 9.17) is 9.84 Å². The molecule has 0 unspecified atom stereocenters. The Balaban J connectivity index is 1.85. The van der Waals surface area contributed by atoms with Gasteiger partial charge in [-0.25, -0.2) is 0 Å². The van der Waals surface area contributed by atoms with Gasteiger partial charge >= 0.3 is 5.97 Å². The average molecular weight is 414 g/mol. The fourth-order valence-electron chi connectivity index (χ4n) is 3.57. The van der Waals surface area contributed by atoms with Crippen LogP contribution in [0.4, 0.5) is 0 Å². The summed E-state index contributed by atoms with van der Waals surface area (Å²) in [4.78, 5) is 22.6. The van der Waals surface area contributed by atoms with Crippen molar-refractivity contribution in [2.45, 2.75) is 65.7 Å². The van der Waals surface area contributed by atoms with Crippen LogP contribution in [0.2, 0.25) is 0 Å². The lowest BCUT2D eigenvalue weighted by atomic mass is 9.85. The molecule has 2 rings (SSSR count). The molecule has 2 N–H and O–H groups in total. The third-order valence-electron chi connectivity index (χ3n) is 5.55. The van der Waals surface area contributed by atoms with Crippen LogP contribution < -0.4 is 10.1 Å². The molecule has 0 atom stereocenters. The maximum Gasteiger partial charge on any atom is 0.303 e. The van der Waals surface area contributed by atoms with Crippen molar-refractivity contribution in [3.8, 4) is 5.75 Å². The van der Waals surface area contributed by atoms with Gasteiger partial charge in [-0.1, -0.05) is 37.6 Å². The van der Waals surface area contributed by atoms with E-state index in [9.17, 15) is 9.59 Å². The molecule has 0 spiro atoms. The van der Waals surface area contributed by atoms with E-state index in [1.165, 1.54) is 11.1 Å². The van der Waals surface area contributed by atoms with Crippen molar-refractivity contribution in [2.75, 3.05) is 13.2 Å². The molecule has 1 saturated heterocycles. The zero-order chi connectivity index (χ0) is 22.0. The van der Waals surface area contributed by atoms with Crippen LogP contribution in [-0.2, 0) is 16.0 Å². The molecular formula is C25H35NO4. The molecule has 0 saturated carbocycles. The molecule has 0 radical (unpaired) electrons. The molecule has 1 aromatic rings. The molecule has 1 aliphatic rings. The summed E-state index contributed by atoms with van der Waals surface area (Å²) in [6.45, 7) is 7.24. The number of rotatable bonds is 12. The van der Waals surface area contributed by atoms with Crippen molar-refractivity contribution in [3.63, 3.8) is 0 Å². The molecule has 0 aromatic heterocycles. The molecular weight excluding hydrogens is 378 g/mol. The number of amides is 1.